The zero-order valence-electron chi connectivity index (χ0n) is 17.4. The van der Waals surface area contributed by atoms with Gasteiger partial charge in [-0.05, 0) is 38.0 Å². The molecule has 31 heavy (non-hydrogen) atoms. The summed E-state index contributed by atoms with van der Waals surface area (Å²) < 4.78 is 25.2. The third kappa shape index (κ3) is 4.66. The number of amides is 2. The Labute approximate surface area is 180 Å². The van der Waals surface area contributed by atoms with Crippen LogP contribution in [0.15, 0.2) is 29.5 Å². The van der Waals surface area contributed by atoms with Crippen molar-refractivity contribution in [1.82, 2.24) is 25.1 Å². The van der Waals surface area contributed by atoms with Crippen molar-refractivity contribution in [3.8, 4) is 5.82 Å². The Kier molecular flexibility index (Phi) is 5.61. The lowest BCUT2D eigenvalue weighted by Crippen LogP contribution is -2.43. The highest BCUT2D eigenvalue weighted by Crippen LogP contribution is 2.22. The molecule has 11 heteroatoms. The Morgan fingerprint density at radius 3 is 2.68 bits per heavy atom. The lowest BCUT2D eigenvalue weighted by atomic mass is 10.1. The standard InChI is InChI=1S/C20H24N6O4S/c1-13-9-14(2)25(23-13)18-5-3-15(10-21-18)11-22-20(28)17-4-6-19(27)26(24-17)16-7-8-31(29,30)12-16/h3,5,9-10,16H,4,6-8,11-12H2,1-2H3,(H,22,28). The SMILES string of the molecule is Cc1cc(C)n(-c2ccc(CNC(=O)C3=NN(C4CCS(=O)(=O)C4)C(=O)CC3)cn2)n1. The first-order chi connectivity index (χ1) is 14.7. The molecule has 4 heterocycles. The number of rotatable bonds is 5. The van der Waals surface area contributed by atoms with Crippen molar-refractivity contribution in [3.05, 3.63) is 41.3 Å². The molecule has 2 amide bonds. The fraction of sp³-hybridized carbons (Fsp3) is 0.450. The first kappa shape index (κ1) is 21.2. The van der Waals surface area contributed by atoms with E-state index in [9.17, 15) is 18.0 Å². The van der Waals surface area contributed by atoms with Crippen LogP contribution in [0, 0.1) is 13.8 Å². The molecule has 0 saturated carbocycles. The average Bonchev–Trinajstić information content (AvgIpc) is 3.27. The topological polar surface area (TPSA) is 127 Å². The number of aryl methyl sites for hydroxylation is 2. The van der Waals surface area contributed by atoms with Gasteiger partial charge in [0.05, 0.1) is 23.2 Å². The highest BCUT2D eigenvalue weighted by Gasteiger charge is 2.37. The van der Waals surface area contributed by atoms with E-state index in [-0.39, 0.29) is 48.4 Å². The van der Waals surface area contributed by atoms with Gasteiger partial charge in [-0.15, -0.1) is 0 Å². The summed E-state index contributed by atoms with van der Waals surface area (Å²) in [5.74, 6) is 0.00495. The lowest BCUT2D eigenvalue weighted by Gasteiger charge is -2.27. The van der Waals surface area contributed by atoms with Crippen LogP contribution in [0.1, 0.15) is 36.2 Å². The van der Waals surface area contributed by atoms with Gasteiger partial charge in [0.25, 0.3) is 5.91 Å². The van der Waals surface area contributed by atoms with Crippen LogP contribution in [0.5, 0.6) is 0 Å². The zero-order valence-corrected chi connectivity index (χ0v) is 18.2. The maximum Gasteiger partial charge on any atom is 0.267 e. The number of hydrazone groups is 1. The second-order valence-electron chi connectivity index (χ2n) is 7.89. The predicted molar refractivity (Wildman–Crippen MR) is 113 cm³/mol. The molecule has 0 aromatic carbocycles. The molecule has 2 aromatic rings. The zero-order chi connectivity index (χ0) is 22.2. The molecule has 2 aliphatic heterocycles. The van der Waals surface area contributed by atoms with E-state index in [4.69, 9.17) is 0 Å². The number of sulfone groups is 1. The summed E-state index contributed by atoms with van der Waals surface area (Å²) >= 11 is 0. The summed E-state index contributed by atoms with van der Waals surface area (Å²) in [7, 11) is -3.15. The summed E-state index contributed by atoms with van der Waals surface area (Å²) in [5.41, 5.74) is 2.93. The van der Waals surface area contributed by atoms with Crippen LogP contribution < -0.4 is 5.32 Å². The number of hydrogen-bond acceptors (Lipinski definition) is 7. The lowest BCUT2D eigenvalue weighted by molar-refractivity contribution is -0.133. The van der Waals surface area contributed by atoms with Crippen LogP contribution in [0.2, 0.25) is 0 Å². The van der Waals surface area contributed by atoms with Gasteiger partial charge in [-0.2, -0.15) is 10.2 Å². The van der Waals surface area contributed by atoms with Crippen LogP contribution in [-0.4, -0.2) is 63.3 Å². The number of nitrogens with zero attached hydrogens (tertiary/aromatic N) is 5. The molecule has 1 atom stereocenters. The number of hydrogen-bond donors (Lipinski definition) is 1. The van der Waals surface area contributed by atoms with Crippen molar-refractivity contribution < 1.29 is 18.0 Å². The van der Waals surface area contributed by atoms with E-state index in [0.29, 0.717) is 12.2 Å². The molecule has 1 N–H and O–H groups in total. The molecule has 0 spiro atoms. The minimum absolute atomic E-state index is 0.0408. The summed E-state index contributed by atoms with van der Waals surface area (Å²) in [6.45, 7) is 4.13. The van der Waals surface area contributed by atoms with Crippen LogP contribution in [-0.2, 0) is 26.0 Å². The van der Waals surface area contributed by atoms with Gasteiger partial charge >= 0.3 is 0 Å². The smallest absolute Gasteiger partial charge is 0.267 e. The quantitative estimate of drug-likeness (QED) is 0.722. The molecule has 1 fully saturated rings. The fourth-order valence-corrected chi connectivity index (χ4v) is 5.47. The van der Waals surface area contributed by atoms with Gasteiger partial charge in [-0.25, -0.2) is 23.1 Å². The Bertz CT molecular complexity index is 1150. The maximum absolute atomic E-state index is 12.6. The van der Waals surface area contributed by atoms with E-state index < -0.39 is 15.9 Å². The van der Waals surface area contributed by atoms with Crippen LogP contribution >= 0.6 is 0 Å². The van der Waals surface area contributed by atoms with Crippen LogP contribution in [0.25, 0.3) is 5.82 Å². The van der Waals surface area contributed by atoms with Gasteiger partial charge in [0.2, 0.25) is 5.91 Å². The van der Waals surface area contributed by atoms with Crippen molar-refractivity contribution >= 4 is 27.4 Å². The van der Waals surface area contributed by atoms with Gasteiger partial charge in [-0.3, -0.25) is 9.59 Å². The molecule has 1 unspecified atom stereocenters. The van der Waals surface area contributed by atoms with Gasteiger partial charge in [0.1, 0.15) is 5.71 Å². The second kappa shape index (κ2) is 8.22. The monoisotopic (exact) mass is 444 g/mol. The molecular weight excluding hydrogens is 420 g/mol. The van der Waals surface area contributed by atoms with E-state index >= 15 is 0 Å². The summed E-state index contributed by atoms with van der Waals surface area (Å²) in [6.07, 6.45) is 2.39. The van der Waals surface area contributed by atoms with Crippen LogP contribution in [0.3, 0.4) is 0 Å². The number of carbonyl (C=O) groups excluding carboxylic acids is 2. The maximum atomic E-state index is 12.6. The third-order valence-electron chi connectivity index (χ3n) is 5.36. The van der Waals surface area contributed by atoms with Crippen molar-refractivity contribution in [1.29, 1.82) is 0 Å². The Morgan fingerprint density at radius 2 is 2.06 bits per heavy atom. The third-order valence-corrected chi connectivity index (χ3v) is 7.12. The fourth-order valence-electron chi connectivity index (χ4n) is 3.78. The number of pyridine rings is 1. The number of nitrogens with one attached hydrogen (secondary N) is 1. The molecule has 10 nitrogen and oxygen atoms in total. The summed E-state index contributed by atoms with van der Waals surface area (Å²) in [5, 5.41) is 12.6. The van der Waals surface area contributed by atoms with E-state index in [1.165, 1.54) is 5.01 Å². The number of carbonyl (C=O) groups is 2. The minimum Gasteiger partial charge on any atom is -0.347 e. The molecule has 164 valence electrons. The van der Waals surface area contributed by atoms with Crippen LogP contribution in [0.4, 0.5) is 0 Å². The van der Waals surface area contributed by atoms with Crippen molar-refractivity contribution in [2.75, 3.05) is 11.5 Å². The highest BCUT2D eigenvalue weighted by atomic mass is 32.2. The van der Waals surface area contributed by atoms with E-state index in [1.54, 1.807) is 10.9 Å². The Balaban J connectivity index is 1.39. The van der Waals surface area contributed by atoms with Crippen molar-refractivity contribution in [3.63, 3.8) is 0 Å². The number of aromatic nitrogens is 3. The molecule has 0 radical (unpaired) electrons. The summed E-state index contributed by atoms with van der Waals surface area (Å²) in [6, 6.07) is 5.17. The first-order valence-electron chi connectivity index (χ1n) is 10.1. The molecule has 1 saturated heterocycles. The Morgan fingerprint density at radius 1 is 1.26 bits per heavy atom. The van der Waals surface area contributed by atoms with Gasteiger partial charge in [0, 0.05) is 31.3 Å². The molecule has 0 bridgehead atoms. The minimum atomic E-state index is -3.15. The normalized spacial score (nSPS) is 20.6. The second-order valence-corrected chi connectivity index (χ2v) is 10.1. The Hall–Kier alpha value is -3.08. The first-order valence-corrected chi connectivity index (χ1v) is 11.9. The van der Waals surface area contributed by atoms with Crippen molar-refractivity contribution in [2.45, 2.75) is 45.7 Å². The van der Waals surface area contributed by atoms with Crippen molar-refractivity contribution in [2.24, 2.45) is 5.10 Å². The van der Waals surface area contributed by atoms with Gasteiger partial charge in [0.15, 0.2) is 15.7 Å². The largest absolute Gasteiger partial charge is 0.347 e. The predicted octanol–water partition coefficient (Wildman–Crippen LogP) is 0.666. The molecule has 4 rings (SSSR count). The molecule has 0 aliphatic carbocycles. The molecular formula is C20H24N6O4S. The average molecular weight is 445 g/mol. The molecule has 2 aromatic heterocycles. The highest BCUT2D eigenvalue weighted by molar-refractivity contribution is 7.91. The van der Waals surface area contributed by atoms with E-state index in [1.807, 2.05) is 32.0 Å². The van der Waals surface area contributed by atoms with E-state index in [2.05, 4.69) is 20.5 Å². The van der Waals surface area contributed by atoms with E-state index in [0.717, 1.165) is 17.0 Å². The van der Waals surface area contributed by atoms with Gasteiger partial charge < -0.3 is 5.32 Å². The molecule has 2 aliphatic rings. The van der Waals surface area contributed by atoms with Gasteiger partial charge in [-0.1, -0.05) is 6.07 Å². The summed E-state index contributed by atoms with van der Waals surface area (Å²) in [4.78, 5) is 29.2.